The summed E-state index contributed by atoms with van der Waals surface area (Å²) in [5, 5.41) is 4.93. The fourth-order valence-electron chi connectivity index (χ4n) is 12.2. The monoisotopic (exact) mass is 1020 g/mol. The highest BCUT2D eigenvalue weighted by molar-refractivity contribution is 7.25. The maximum atomic E-state index is 2.50. The van der Waals surface area contributed by atoms with Crippen LogP contribution >= 0.6 is 11.3 Å². The Bertz CT molecular complexity index is 4420. The lowest BCUT2D eigenvalue weighted by Gasteiger charge is -2.14. The van der Waals surface area contributed by atoms with E-state index in [-0.39, 0.29) is 0 Å². The van der Waals surface area contributed by atoms with Crippen molar-refractivity contribution in [3.63, 3.8) is 0 Å². The summed E-state index contributed by atoms with van der Waals surface area (Å²) in [5.74, 6) is 0. The minimum atomic E-state index is 1.13. The van der Waals surface area contributed by atoms with Crippen molar-refractivity contribution in [1.82, 2.24) is 9.13 Å². The molecule has 3 heteroatoms. The molecule has 3 aromatic heterocycles. The molecule has 0 aliphatic heterocycles. The molecule has 15 aromatic rings. The van der Waals surface area contributed by atoms with Gasteiger partial charge in [0, 0.05) is 53.4 Å². The van der Waals surface area contributed by atoms with Crippen molar-refractivity contribution >= 4 is 53.3 Å². The van der Waals surface area contributed by atoms with Gasteiger partial charge in [-0.2, -0.15) is 0 Å². The van der Waals surface area contributed by atoms with Crippen LogP contribution in [0.1, 0.15) is 0 Å². The molecule has 370 valence electrons. The highest BCUT2D eigenvalue weighted by atomic mass is 32.1. The topological polar surface area (TPSA) is 9.86 Å². The molecule has 2 nitrogen and oxygen atoms in total. The number of hydrogen-bond donors (Lipinski definition) is 0. The molecule has 0 saturated carbocycles. The third-order valence-corrected chi connectivity index (χ3v) is 16.9. The summed E-state index contributed by atoms with van der Waals surface area (Å²) in [4.78, 5) is 0. The van der Waals surface area contributed by atoms with Crippen LogP contribution in [0.4, 0.5) is 0 Å². The molecule has 79 heavy (non-hydrogen) atoms. The predicted octanol–water partition coefficient (Wildman–Crippen LogP) is 21.3. The largest absolute Gasteiger partial charge is 0.309 e. The maximum Gasteiger partial charge on any atom is 0.0619 e. The van der Waals surface area contributed by atoms with Gasteiger partial charge in [-0.3, -0.25) is 0 Å². The molecule has 0 atom stereocenters. The number of hydrogen-bond acceptors (Lipinski definition) is 1. The van der Waals surface area contributed by atoms with Gasteiger partial charge in [0.2, 0.25) is 0 Å². The molecule has 0 aliphatic carbocycles. The fourth-order valence-corrected chi connectivity index (χ4v) is 13.4. The van der Waals surface area contributed by atoms with Crippen LogP contribution in [0.15, 0.2) is 303 Å². The second-order valence-electron chi connectivity index (χ2n) is 20.3. The minimum absolute atomic E-state index is 1.13. The highest BCUT2D eigenvalue weighted by Crippen LogP contribution is 2.49. The summed E-state index contributed by atoms with van der Waals surface area (Å²) in [7, 11) is 0. The van der Waals surface area contributed by atoms with E-state index in [4.69, 9.17) is 0 Å². The van der Waals surface area contributed by atoms with Gasteiger partial charge in [0.05, 0.1) is 22.4 Å². The number of aromatic nitrogens is 2. The number of thiophene rings is 1. The summed E-state index contributed by atoms with van der Waals surface area (Å²) in [6.45, 7) is 0. The smallest absolute Gasteiger partial charge is 0.0619 e. The Morgan fingerprint density at radius 2 is 0.519 bits per heavy atom. The van der Waals surface area contributed by atoms with E-state index in [1.54, 1.807) is 0 Å². The lowest BCUT2D eigenvalue weighted by molar-refractivity contribution is 1.14. The third kappa shape index (κ3) is 8.02. The molecule has 0 unspecified atom stereocenters. The third-order valence-electron chi connectivity index (χ3n) is 15.8. The Labute approximate surface area is 463 Å². The molecule has 15 rings (SSSR count). The zero-order valence-electron chi connectivity index (χ0n) is 43.2. The number of rotatable bonds is 10. The van der Waals surface area contributed by atoms with Gasteiger partial charge in [0.15, 0.2) is 0 Å². The van der Waals surface area contributed by atoms with Crippen LogP contribution in [-0.2, 0) is 0 Å². The molecule has 0 radical (unpaired) electrons. The first-order valence-corrected chi connectivity index (χ1v) is 27.9. The van der Waals surface area contributed by atoms with Gasteiger partial charge in [-0.15, -0.1) is 11.3 Å². The van der Waals surface area contributed by atoms with E-state index in [9.17, 15) is 0 Å². The molecular formula is C76H50N2S. The second-order valence-corrected chi connectivity index (χ2v) is 21.4. The Morgan fingerprint density at radius 1 is 0.215 bits per heavy atom. The van der Waals surface area contributed by atoms with E-state index < -0.39 is 0 Å². The van der Waals surface area contributed by atoms with Crippen molar-refractivity contribution in [3.05, 3.63) is 303 Å². The lowest BCUT2D eigenvalue weighted by atomic mass is 9.92. The van der Waals surface area contributed by atoms with Crippen LogP contribution in [0.2, 0.25) is 0 Å². The normalized spacial score (nSPS) is 11.5. The maximum absolute atomic E-state index is 2.50. The number of benzene rings is 12. The first kappa shape index (κ1) is 46.3. The predicted molar refractivity (Wildman–Crippen MR) is 336 cm³/mol. The van der Waals surface area contributed by atoms with E-state index in [2.05, 4.69) is 312 Å². The van der Waals surface area contributed by atoms with Crippen molar-refractivity contribution in [2.45, 2.75) is 0 Å². The van der Waals surface area contributed by atoms with Crippen LogP contribution in [0, 0.1) is 0 Å². The van der Waals surface area contributed by atoms with Gasteiger partial charge in [-0.25, -0.2) is 0 Å². The lowest BCUT2D eigenvalue weighted by Crippen LogP contribution is -1.97. The van der Waals surface area contributed by atoms with Gasteiger partial charge in [0.1, 0.15) is 0 Å². The Kier molecular flexibility index (Phi) is 11.4. The van der Waals surface area contributed by atoms with Crippen LogP contribution in [0.25, 0.3) is 143 Å². The minimum Gasteiger partial charge on any atom is -0.309 e. The summed E-state index contributed by atoms with van der Waals surface area (Å²) in [6.07, 6.45) is 0. The molecule has 0 saturated heterocycles. The standard InChI is InChI=1S/C76H50N2S/c1-7-23-51(24-8-1)61-35-19-21-37-63(61)57-39-45-69-67(47-57)73(53-27-11-3-12-28-53)75(55-31-15-5-16-32-55)77(69)59-41-43-65-66-44-42-60(50-72(66)79-71(65)49-59)78-70-46-40-58(64-38-22-20-36-62(64)52-25-9-2-10-26-52)48-68(70)74(54-29-13-4-14-30-54)76(78)56-33-17-6-18-34-56/h1-50H. The summed E-state index contributed by atoms with van der Waals surface area (Å²) in [5.41, 5.74) is 23.7. The van der Waals surface area contributed by atoms with Gasteiger partial charge >= 0.3 is 0 Å². The molecule has 0 fully saturated rings. The zero-order chi connectivity index (χ0) is 52.2. The first-order chi connectivity index (χ1) is 39.2. The van der Waals surface area contributed by atoms with E-state index in [1.807, 2.05) is 11.3 Å². The first-order valence-electron chi connectivity index (χ1n) is 27.1. The molecule has 12 aromatic carbocycles. The van der Waals surface area contributed by atoms with Crippen LogP contribution in [0.5, 0.6) is 0 Å². The summed E-state index contributed by atoms with van der Waals surface area (Å²) < 4.78 is 7.50. The van der Waals surface area contributed by atoms with Crippen LogP contribution < -0.4 is 0 Å². The van der Waals surface area contributed by atoms with Crippen molar-refractivity contribution in [3.8, 4) is 101 Å². The highest BCUT2D eigenvalue weighted by Gasteiger charge is 2.25. The van der Waals surface area contributed by atoms with Crippen LogP contribution in [-0.4, -0.2) is 9.13 Å². The quantitative estimate of drug-likeness (QED) is 0.129. The van der Waals surface area contributed by atoms with Crippen molar-refractivity contribution in [2.75, 3.05) is 0 Å². The van der Waals surface area contributed by atoms with Crippen molar-refractivity contribution < 1.29 is 0 Å². The van der Waals surface area contributed by atoms with Gasteiger partial charge in [0.25, 0.3) is 0 Å². The summed E-state index contributed by atoms with van der Waals surface area (Å²) >= 11 is 1.87. The van der Waals surface area contributed by atoms with Gasteiger partial charge < -0.3 is 9.13 Å². The van der Waals surface area contributed by atoms with E-state index in [0.717, 1.165) is 22.4 Å². The molecule has 0 N–H and O–H groups in total. The fraction of sp³-hybridized carbons (Fsp3) is 0. The Hall–Kier alpha value is -10.1. The number of nitrogens with zero attached hydrogens (tertiary/aromatic N) is 2. The Morgan fingerprint density at radius 3 is 0.873 bits per heavy atom. The zero-order valence-corrected chi connectivity index (χ0v) is 44.0. The number of fused-ring (bicyclic) bond motifs is 5. The second kappa shape index (κ2) is 19.5. The average Bonchev–Trinajstić information content (AvgIpc) is 4.32. The molecule has 0 bridgehead atoms. The summed E-state index contributed by atoms with van der Waals surface area (Å²) in [6, 6.07) is 111. The van der Waals surface area contributed by atoms with Gasteiger partial charge in [-0.05, 0) is 115 Å². The SMILES string of the molecule is c1ccc(-c2ccccc2-c2ccc3c(c2)c(-c2ccccc2)c(-c2ccccc2)n3-c2ccc3c(c2)sc2cc(-n4c(-c5ccccc5)c(-c5ccccc5)c5cc(-c6ccccc6-c6ccccc6)ccc54)ccc23)cc1. The molecule has 0 aliphatic rings. The van der Waals surface area contributed by atoms with Crippen molar-refractivity contribution in [1.29, 1.82) is 0 Å². The van der Waals surface area contributed by atoms with Crippen molar-refractivity contribution in [2.24, 2.45) is 0 Å². The molecular weight excluding hydrogens is 973 g/mol. The Balaban J connectivity index is 0.926. The molecule has 0 spiro atoms. The van der Waals surface area contributed by atoms with E-state index >= 15 is 0 Å². The van der Waals surface area contributed by atoms with E-state index in [1.165, 1.54) is 120 Å². The van der Waals surface area contributed by atoms with E-state index in [0.29, 0.717) is 0 Å². The molecule has 0 amide bonds. The van der Waals surface area contributed by atoms with Gasteiger partial charge in [-0.1, -0.05) is 255 Å². The average molecular weight is 1020 g/mol. The van der Waals surface area contributed by atoms with Crippen LogP contribution in [0.3, 0.4) is 0 Å². The molecule has 3 heterocycles.